The topological polar surface area (TPSA) is 41.6 Å². The summed E-state index contributed by atoms with van der Waals surface area (Å²) in [6, 6.07) is 10.8. The molecule has 1 fully saturated rings. The van der Waals surface area contributed by atoms with E-state index < -0.39 is 0 Å². The SMILES string of the molecule is Cc1ccc(C(=O)Nc2cccc(Cl)c2N2CCOCC2)cc1Cl. The van der Waals surface area contributed by atoms with Crippen LogP contribution in [0.2, 0.25) is 10.0 Å². The number of carbonyl (C=O) groups excluding carboxylic acids is 1. The number of halogens is 2. The van der Waals surface area contributed by atoms with Crippen molar-refractivity contribution in [3.63, 3.8) is 0 Å². The molecule has 0 atom stereocenters. The van der Waals surface area contributed by atoms with Crippen LogP contribution in [-0.2, 0) is 4.74 Å². The van der Waals surface area contributed by atoms with Crippen molar-refractivity contribution < 1.29 is 9.53 Å². The summed E-state index contributed by atoms with van der Waals surface area (Å²) in [5.41, 5.74) is 2.96. The summed E-state index contributed by atoms with van der Waals surface area (Å²) < 4.78 is 5.39. The van der Waals surface area contributed by atoms with E-state index >= 15 is 0 Å². The van der Waals surface area contributed by atoms with Crippen molar-refractivity contribution in [1.29, 1.82) is 0 Å². The normalized spacial score (nSPS) is 14.5. The average Bonchev–Trinajstić information content (AvgIpc) is 2.58. The van der Waals surface area contributed by atoms with Gasteiger partial charge in [0.15, 0.2) is 0 Å². The van der Waals surface area contributed by atoms with E-state index in [4.69, 9.17) is 27.9 Å². The van der Waals surface area contributed by atoms with Gasteiger partial charge in [0.05, 0.1) is 29.6 Å². The minimum absolute atomic E-state index is 0.214. The largest absolute Gasteiger partial charge is 0.378 e. The molecule has 0 bridgehead atoms. The van der Waals surface area contributed by atoms with E-state index in [9.17, 15) is 4.79 Å². The molecule has 3 rings (SSSR count). The molecule has 2 aromatic rings. The molecule has 2 aromatic carbocycles. The molecule has 1 N–H and O–H groups in total. The van der Waals surface area contributed by atoms with Gasteiger partial charge in [-0.25, -0.2) is 0 Å². The number of amides is 1. The van der Waals surface area contributed by atoms with Gasteiger partial charge in [-0.15, -0.1) is 0 Å². The van der Waals surface area contributed by atoms with Crippen LogP contribution in [-0.4, -0.2) is 32.2 Å². The highest BCUT2D eigenvalue weighted by Crippen LogP contribution is 2.34. The average molecular weight is 365 g/mol. The molecule has 1 saturated heterocycles. The summed E-state index contributed by atoms with van der Waals surface area (Å²) in [7, 11) is 0. The Morgan fingerprint density at radius 1 is 1.12 bits per heavy atom. The molecule has 6 heteroatoms. The van der Waals surface area contributed by atoms with Gasteiger partial charge in [-0.3, -0.25) is 4.79 Å². The minimum Gasteiger partial charge on any atom is -0.378 e. The fraction of sp³-hybridized carbons (Fsp3) is 0.278. The van der Waals surface area contributed by atoms with Gasteiger partial charge in [0, 0.05) is 23.7 Å². The van der Waals surface area contributed by atoms with Crippen LogP contribution >= 0.6 is 23.2 Å². The van der Waals surface area contributed by atoms with Crippen molar-refractivity contribution in [3.8, 4) is 0 Å². The molecule has 0 radical (unpaired) electrons. The third kappa shape index (κ3) is 3.66. The summed E-state index contributed by atoms with van der Waals surface area (Å²) in [5, 5.41) is 4.13. The second kappa shape index (κ2) is 7.43. The maximum Gasteiger partial charge on any atom is 0.255 e. The molecular formula is C18H18Cl2N2O2. The Morgan fingerprint density at radius 3 is 2.58 bits per heavy atom. The van der Waals surface area contributed by atoms with Crippen LogP contribution in [0.1, 0.15) is 15.9 Å². The fourth-order valence-corrected chi connectivity index (χ4v) is 3.13. The minimum atomic E-state index is -0.214. The van der Waals surface area contributed by atoms with Crippen LogP contribution in [0.3, 0.4) is 0 Å². The van der Waals surface area contributed by atoms with Crippen molar-refractivity contribution in [3.05, 3.63) is 57.6 Å². The first-order valence-corrected chi connectivity index (χ1v) is 8.50. The molecule has 0 unspecified atom stereocenters. The molecule has 24 heavy (non-hydrogen) atoms. The van der Waals surface area contributed by atoms with E-state index in [1.807, 2.05) is 31.2 Å². The van der Waals surface area contributed by atoms with Gasteiger partial charge >= 0.3 is 0 Å². The van der Waals surface area contributed by atoms with E-state index in [-0.39, 0.29) is 5.91 Å². The number of rotatable bonds is 3. The van der Waals surface area contributed by atoms with Gasteiger partial charge in [-0.1, -0.05) is 35.3 Å². The van der Waals surface area contributed by atoms with Gasteiger partial charge in [-0.2, -0.15) is 0 Å². The summed E-state index contributed by atoms with van der Waals surface area (Å²) >= 11 is 12.5. The Balaban J connectivity index is 1.87. The second-order valence-electron chi connectivity index (χ2n) is 5.65. The van der Waals surface area contributed by atoms with Crippen LogP contribution in [0.5, 0.6) is 0 Å². The number of ether oxygens (including phenoxy) is 1. The Kier molecular flexibility index (Phi) is 5.29. The lowest BCUT2D eigenvalue weighted by Crippen LogP contribution is -2.37. The number of hydrogen-bond acceptors (Lipinski definition) is 3. The van der Waals surface area contributed by atoms with Crippen LogP contribution < -0.4 is 10.2 Å². The van der Waals surface area contributed by atoms with Gasteiger partial charge in [0.1, 0.15) is 0 Å². The molecule has 0 saturated carbocycles. The maximum absolute atomic E-state index is 12.6. The first kappa shape index (κ1) is 17.1. The molecule has 1 heterocycles. The lowest BCUT2D eigenvalue weighted by atomic mass is 10.1. The number of benzene rings is 2. The zero-order chi connectivity index (χ0) is 17.1. The summed E-state index contributed by atoms with van der Waals surface area (Å²) in [6.45, 7) is 4.67. The zero-order valence-electron chi connectivity index (χ0n) is 13.3. The number of hydrogen-bond donors (Lipinski definition) is 1. The number of aryl methyl sites for hydroxylation is 1. The molecule has 1 amide bonds. The van der Waals surface area contributed by atoms with E-state index in [0.717, 1.165) is 24.3 Å². The Labute approximate surface area is 151 Å². The van der Waals surface area contributed by atoms with Crippen molar-refractivity contribution in [2.75, 3.05) is 36.5 Å². The lowest BCUT2D eigenvalue weighted by molar-refractivity contribution is 0.102. The van der Waals surface area contributed by atoms with Crippen molar-refractivity contribution in [1.82, 2.24) is 0 Å². The van der Waals surface area contributed by atoms with Crippen molar-refractivity contribution in [2.45, 2.75) is 6.92 Å². The first-order chi connectivity index (χ1) is 11.6. The summed E-state index contributed by atoms with van der Waals surface area (Å²) in [4.78, 5) is 14.7. The van der Waals surface area contributed by atoms with Gasteiger partial charge in [0.25, 0.3) is 5.91 Å². The Hall–Kier alpha value is -1.75. The third-order valence-corrected chi connectivity index (χ3v) is 4.71. The Bertz CT molecular complexity index is 759. The molecule has 1 aliphatic rings. The maximum atomic E-state index is 12.6. The van der Waals surface area contributed by atoms with Crippen molar-refractivity contribution in [2.24, 2.45) is 0 Å². The molecule has 0 aromatic heterocycles. The van der Waals surface area contributed by atoms with E-state index in [1.165, 1.54) is 0 Å². The number of carbonyl (C=O) groups is 1. The van der Waals surface area contributed by atoms with Gasteiger partial charge in [0.2, 0.25) is 0 Å². The van der Waals surface area contributed by atoms with Crippen LogP contribution in [0.15, 0.2) is 36.4 Å². The summed E-state index contributed by atoms with van der Waals surface area (Å²) in [5.74, 6) is -0.214. The van der Waals surface area contributed by atoms with E-state index in [1.54, 1.807) is 12.1 Å². The van der Waals surface area contributed by atoms with E-state index in [0.29, 0.717) is 34.5 Å². The number of nitrogens with zero attached hydrogens (tertiary/aromatic N) is 1. The molecule has 126 valence electrons. The van der Waals surface area contributed by atoms with Gasteiger partial charge < -0.3 is 15.0 Å². The van der Waals surface area contributed by atoms with Crippen LogP contribution in [0.4, 0.5) is 11.4 Å². The molecular weight excluding hydrogens is 347 g/mol. The number of morpholine rings is 1. The quantitative estimate of drug-likeness (QED) is 0.877. The highest BCUT2D eigenvalue weighted by molar-refractivity contribution is 6.34. The summed E-state index contributed by atoms with van der Waals surface area (Å²) in [6.07, 6.45) is 0. The zero-order valence-corrected chi connectivity index (χ0v) is 14.8. The van der Waals surface area contributed by atoms with Crippen LogP contribution in [0, 0.1) is 6.92 Å². The third-order valence-electron chi connectivity index (χ3n) is 4.00. The lowest BCUT2D eigenvalue weighted by Gasteiger charge is -2.31. The monoisotopic (exact) mass is 364 g/mol. The second-order valence-corrected chi connectivity index (χ2v) is 6.47. The highest BCUT2D eigenvalue weighted by atomic mass is 35.5. The fourth-order valence-electron chi connectivity index (χ4n) is 2.65. The Morgan fingerprint density at radius 2 is 1.88 bits per heavy atom. The first-order valence-electron chi connectivity index (χ1n) is 7.75. The van der Waals surface area contributed by atoms with E-state index in [2.05, 4.69) is 10.2 Å². The predicted molar refractivity (Wildman–Crippen MR) is 98.6 cm³/mol. The van der Waals surface area contributed by atoms with Crippen LogP contribution in [0.25, 0.3) is 0 Å². The van der Waals surface area contributed by atoms with Gasteiger partial charge in [-0.05, 0) is 36.8 Å². The molecule has 0 aliphatic carbocycles. The number of anilines is 2. The number of para-hydroxylation sites is 1. The smallest absolute Gasteiger partial charge is 0.255 e. The molecule has 1 aliphatic heterocycles. The highest BCUT2D eigenvalue weighted by Gasteiger charge is 2.19. The van der Waals surface area contributed by atoms with Crippen molar-refractivity contribution >= 4 is 40.5 Å². The molecule has 4 nitrogen and oxygen atoms in total. The number of nitrogens with one attached hydrogen (secondary N) is 1. The predicted octanol–water partition coefficient (Wildman–Crippen LogP) is 4.39. The standard InChI is InChI=1S/C18H18Cl2N2O2/c1-12-5-6-13(11-15(12)20)18(23)21-16-4-2-3-14(19)17(16)22-7-9-24-10-8-22/h2-6,11H,7-10H2,1H3,(H,21,23). The molecule has 0 spiro atoms.